The Hall–Kier alpha value is -2.53. The number of nitrogens with zero attached hydrogens (tertiary/aromatic N) is 1. The number of hydrogen-bond acceptors (Lipinski definition) is 3. The molecule has 2 aromatic carbocycles. The molecule has 1 saturated heterocycles. The van der Waals surface area contributed by atoms with E-state index in [9.17, 15) is 9.59 Å². The molecule has 1 aliphatic rings. The largest absolute Gasteiger partial charge is 0.481 e. The van der Waals surface area contributed by atoms with Gasteiger partial charge in [0.2, 0.25) is 5.91 Å². The molecule has 0 bridgehead atoms. The van der Waals surface area contributed by atoms with E-state index in [-0.39, 0.29) is 17.9 Å². The van der Waals surface area contributed by atoms with Gasteiger partial charge < -0.3 is 15.0 Å². The first-order valence-corrected chi connectivity index (χ1v) is 9.93. The highest BCUT2D eigenvalue weighted by atomic mass is 35.5. The van der Waals surface area contributed by atoms with E-state index in [1.165, 1.54) is 0 Å². The molecule has 1 fully saturated rings. The lowest BCUT2D eigenvalue weighted by Gasteiger charge is -2.33. The van der Waals surface area contributed by atoms with Crippen LogP contribution in [0, 0.1) is 0 Å². The molecule has 1 atom stereocenters. The molecule has 1 unspecified atom stereocenters. The third-order valence-electron chi connectivity index (χ3n) is 4.89. The lowest BCUT2D eigenvalue weighted by atomic mass is 10.0. The molecule has 148 valence electrons. The van der Waals surface area contributed by atoms with Crippen LogP contribution in [0.2, 0.25) is 5.02 Å². The van der Waals surface area contributed by atoms with Crippen LogP contribution in [0.15, 0.2) is 54.6 Å². The lowest BCUT2D eigenvalue weighted by Crippen LogP contribution is -2.49. The molecule has 0 aliphatic carbocycles. The van der Waals surface area contributed by atoms with Crippen LogP contribution >= 0.6 is 11.6 Å². The molecule has 28 heavy (non-hydrogen) atoms. The van der Waals surface area contributed by atoms with Gasteiger partial charge in [-0.1, -0.05) is 41.9 Å². The van der Waals surface area contributed by atoms with Crippen molar-refractivity contribution in [3.05, 3.63) is 65.2 Å². The van der Waals surface area contributed by atoms with Crippen LogP contribution < -0.4 is 10.1 Å². The second kappa shape index (κ2) is 9.60. The number of amides is 2. The van der Waals surface area contributed by atoms with E-state index in [4.69, 9.17) is 16.3 Å². The molecule has 6 heteroatoms. The summed E-state index contributed by atoms with van der Waals surface area (Å²) in [6, 6.07) is 16.7. The molecule has 1 heterocycles. The number of halogens is 1. The number of carbonyl (C=O) groups is 2. The maximum atomic E-state index is 12.4. The molecule has 5 nitrogen and oxygen atoms in total. The third kappa shape index (κ3) is 5.73. The predicted molar refractivity (Wildman–Crippen MR) is 109 cm³/mol. The summed E-state index contributed by atoms with van der Waals surface area (Å²) in [4.78, 5) is 26.7. The van der Waals surface area contributed by atoms with Gasteiger partial charge in [-0.05, 0) is 49.6 Å². The van der Waals surface area contributed by atoms with Gasteiger partial charge in [0.25, 0.3) is 5.91 Å². The fourth-order valence-electron chi connectivity index (χ4n) is 3.24. The van der Waals surface area contributed by atoms with Gasteiger partial charge in [-0.3, -0.25) is 9.59 Å². The highest BCUT2D eigenvalue weighted by molar-refractivity contribution is 6.30. The molecule has 0 radical (unpaired) electrons. The minimum absolute atomic E-state index is 0.0598. The molecular formula is C22H25ClN2O3. The van der Waals surface area contributed by atoms with Crippen LogP contribution in [-0.4, -0.2) is 41.9 Å². The number of rotatable bonds is 6. The summed E-state index contributed by atoms with van der Waals surface area (Å²) in [6.07, 6.45) is 1.32. The van der Waals surface area contributed by atoms with E-state index in [1.54, 1.807) is 31.2 Å². The van der Waals surface area contributed by atoms with Gasteiger partial charge in [-0.15, -0.1) is 0 Å². The second-order valence-corrected chi connectivity index (χ2v) is 7.48. The minimum Gasteiger partial charge on any atom is -0.481 e. The van der Waals surface area contributed by atoms with Crippen molar-refractivity contribution >= 4 is 23.4 Å². The Balaban J connectivity index is 1.42. The standard InChI is InChI=1S/C22H25ClN2O3/c1-16(28-20-9-7-18(23)8-10-20)22(27)24-19-11-13-25(14-12-19)21(26)15-17-5-3-2-4-6-17/h2-10,16,19H,11-15H2,1H3,(H,24,27). The number of ether oxygens (including phenoxy) is 1. The van der Waals surface area contributed by atoms with Gasteiger partial charge in [-0.2, -0.15) is 0 Å². The van der Waals surface area contributed by atoms with Crippen molar-refractivity contribution in [2.24, 2.45) is 0 Å². The van der Waals surface area contributed by atoms with Crippen LogP contribution in [0.1, 0.15) is 25.3 Å². The van der Waals surface area contributed by atoms with Crippen molar-refractivity contribution < 1.29 is 14.3 Å². The van der Waals surface area contributed by atoms with Crippen molar-refractivity contribution in [2.45, 2.75) is 38.3 Å². The number of hydrogen-bond donors (Lipinski definition) is 1. The zero-order chi connectivity index (χ0) is 19.9. The zero-order valence-corrected chi connectivity index (χ0v) is 16.7. The average molecular weight is 401 g/mol. The van der Waals surface area contributed by atoms with E-state index in [0.29, 0.717) is 30.3 Å². The maximum Gasteiger partial charge on any atom is 0.260 e. The van der Waals surface area contributed by atoms with Crippen molar-refractivity contribution in [1.29, 1.82) is 0 Å². The predicted octanol–water partition coefficient (Wildman–Crippen LogP) is 3.46. The Morgan fingerprint density at radius 1 is 1.11 bits per heavy atom. The van der Waals surface area contributed by atoms with Crippen molar-refractivity contribution in [1.82, 2.24) is 10.2 Å². The zero-order valence-electron chi connectivity index (χ0n) is 15.9. The van der Waals surface area contributed by atoms with Gasteiger partial charge in [0.15, 0.2) is 6.10 Å². The smallest absolute Gasteiger partial charge is 0.260 e. The SMILES string of the molecule is CC(Oc1ccc(Cl)cc1)C(=O)NC1CCN(C(=O)Cc2ccccc2)CC1. The van der Waals surface area contributed by atoms with Crippen molar-refractivity contribution in [3.8, 4) is 5.75 Å². The number of likely N-dealkylation sites (tertiary alicyclic amines) is 1. The fourth-order valence-corrected chi connectivity index (χ4v) is 3.37. The molecule has 2 aromatic rings. The number of benzene rings is 2. The second-order valence-electron chi connectivity index (χ2n) is 7.04. The Morgan fingerprint density at radius 2 is 1.75 bits per heavy atom. The van der Waals surface area contributed by atoms with E-state index in [1.807, 2.05) is 35.2 Å². The molecule has 1 aliphatic heterocycles. The number of nitrogens with one attached hydrogen (secondary N) is 1. The monoisotopic (exact) mass is 400 g/mol. The van der Waals surface area contributed by atoms with Crippen molar-refractivity contribution in [3.63, 3.8) is 0 Å². The van der Waals surface area contributed by atoms with E-state index < -0.39 is 6.10 Å². The topological polar surface area (TPSA) is 58.6 Å². The first-order chi connectivity index (χ1) is 13.5. The Kier molecular flexibility index (Phi) is 6.93. The van der Waals surface area contributed by atoms with Crippen LogP contribution in [0.3, 0.4) is 0 Å². The van der Waals surface area contributed by atoms with E-state index in [2.05, 4.69) is 5.32 Å². The lowest BCUT2D eigenvalue weighted by molar-refractivity contribution is -0.132. The maximum absolute atomic E-state index is 12.4. The quantitative estimate of drug-likeness (QED) is 0.807. The number of piperidine rings is 1. The fraction of sp³-hybridized carbons (Fsp3) is 0.364. The first-order valence-electron chi connectivity index (χ1n) is 9.55. The highest BCUT2D eigenvalue weighted by Crippen LogP contribution is 2.17. The third-order valence-corrected chi connectivity index (χ3v) is 5.14. The molecule has 2 amide bonds. The molecule has 3 rings (SSSR count). The van der Waals surface area contributed by atoms with Gasteiger partial charge in [-0.25, -0.2) is 0 Å². The highest BCUT2D eigenvalue weighted by Gasteiger charge is 2.25. The molecule has 1 N–H and O–H groups in total. The van der Waals surface area contributed by atoms with E-state index in [0.717, 1.165) is 18.4 Å². The summed E-state index contributed by atoms with van der Waals surface area (Å²) in [5.41, 5.74) is 1.02. The van der Waals surface area contributed by atoms with Gasteiger partial charge in [0.05, 0.1) is 6.42 Å². The number of carbonyl (C=O) groups excluding carboxylic acids is 2. The minimum atomic E-state index is -0.598. The molecular weight excluding hydrogens is 376 g/mol. The summed E-state index contributed by atoms with van der Waals surface area (Å²) >= 11 is 5.86. The normalized spacial score (nSPS) is 15.7. The van der Waals surface area contributed by atoms with Crippen LogP contribution in [0.4, 0.5) is 0 Å². The van der Waals surface area contributed by atoms with Crippen LogP contribution in [0.25, 0.3) is 0 Å². The Labute approximate surface area is 170 Å². The molecule has 0 aromatic heterocycles. The van der Waals surface area contributed by atoms with Gasteiger partial charge in [0, 0.05) is 24.2 Å². The van der Waals surface area contributed by atoms with E-state index >= 15 is 0 Å². The Morgan fingerprint density at radius 3 is 2.39 bits per heavy atom. The summed E-state index contributed by atoms with van der Waals surface area (Å²) < 4.78 is 5.66. The summed E-state index contributed by atoms with van der Waals surface area (Å²) in [6.45, 7) is 3.04. The van der Waals surface area contributed by atoms with Gasteiger partial charge >= 0.3 is 0 Å². The molecule has 0 saturated carbocycles. The Bertz CT molecular complexity index is 787. The summed E-state index contributed by atoms with van der Waals surface area (Å²) in [5, 5.41) is 3.65. The van der Waals surface area contributed by atoms with Crippen LogP contribution in [0.5, 0.6) is 5.75 Å². The van der Waals surface area contributed by atoms with Gasteiger partial charge in [0.1, 0.15) is 5.75 Å². The summed E-state index contributed by atoms with van der Waals surface area (Å²) in [5.74, 6) is 0.591. The van der Waals surface area contributed by atoms with Crippen molar-refractivity contribution in [2.75, 3.05) is 13.1 Å². The van der Waals surface area contributed by atoms with Crippen LogP contribution in [-0.2, 0) is 16.0 Å². The summed E-state index contributed by atoms with van der Waals surface area (Å²) in [7, 11) is 0. The average Bonchev–Trinajstić information content (AvgIpc) is 2.71. The molecule has 0 spiro atoms. The first kappa shape index (κ1) is 20.2.